The lowest BCUT2D eigenvalue weighted by Crippen LogP contribution is -2.37. The number of nitrogens with zero attached hydrogens (tertiary/aromatic N) is 1. The van der Waals surface area contributed by atoms with Crippen molar-refractivity contribution >= 4 is 11.6 Å². The quantitative estimate of drug-likeness (QED) is 0.328. The summed E-state index contributed by atoms with van der Waals surface area (Å²) < 4.78 is 34.9. The Morgan fingerprint density at radius 2 is 1.86 bits per heavy atom. The Balaban J connectivity index is 1.79. The predicted octanol–water partition coefficient (Wildman–Crippen LogP) is 3.46. The van der Waals surface area contributed by atoms with E-state index in [4.69, 9.17) is 4.74 Å². The van der Waals surface area contributed by atoms with Crippen molar-refractivity contribution in [1.29, 1.82) is 0 Å². The summed E-state index contributed by atoms with van der Waals surface area (Å²) in [6.07, 6.45) is 0.883. The van der Waals surface area contributed by atoms with Crippen molar-refractivity contribution in [3.8, 4) is 11.5 Å². The highest BCUT2D eigenvalue weighted by Gasteiger charge is 2.11. The lowest BCUT2D eigenvalue weighted by Gasteiger charge is -2.15. The molecule has 0 bridgehead atoms. The number of ether oxygens (including phenoxy) is 2. The van der Waals surface area contributed by atoms with Gasteiger partial charge < -0.3 is 25.4 Å². The molecule has 0 saturated heterocycles. The van der Waals surface area contributed by atoms with E-state index in [1.54, 1.807) is 19.2 Å². The SMILES string of the molecule is CN=C(NCCCNc1ccccc1)NCc1cc(OC)ccc1OC(F)F. The second kappa shape index (κ2) is 11.6. The molecular formula is C20H26F2N4O2. The predicted molar refractivity (Wildman–Crippen MR) is 107 cm³/mol. The first-order valence-electron chi connectivity index (χ1n) is 8.97. The molecule has 0 amide bonds. The molecule has 0 atom stereocenters. The number of aliphatic imine (C=N–C) groups is 1. The maximum atomic E-state index is 12.6. The largest absolute Gasteiger partial charge is 0.497 e. The minimum Gasteiger partial charge on any atom is -0.497 e. The molecule has 0 spiro atoms. The molecule has 0 aliphatic rings. The number of halogens is 2. The first-order valence-corrected chi connectivity index (χ1v) is 8.97. The van der Waals surface area contributed by atoms with Crippen LogP contribution in [0.4, 0.5) is 14.5 Å². The van der Waals surface area contributed by atoms with Crippen molar-refractivity contribution in [2.45, 2.75) is 19.6 Å². The van der Waals surface area contributed by atoms with Crippen LogP contribution in [0.5, 0.6) is 11.5 Å². The Morgan fingerprint density at radius 3 is 2.54 bits per heavy atom. The van der Waals surface area contributed by atoms with Crippen molar-refractivity contribution in [2.75, 3.05) is 32.6 Å². The van der Waals surface area contributed by atoms with Crippen molar-refractivity contribution in [3.05, 3.63) is 54.1 Å². The van der Waals surface area contributed by atoms with Gasteiger partial charge in [0.2, 0.25) is 0 Å². The summed E-state index contributed by atoms with van der Waals surface area (Å²) in [5.41, 5.74) is 1.63. The van der Waals surface area contributed by atoms with Crippen molar-refractivity contribution in [2.24, 2.45) is 4.99 Å². The summed E-state index contributed by atoms with van der Waals surface area (Å²) in [5, 5.41) is 9.62. The van der Waals surface area contributed by atoms with E-state index in [2.05, 4.69) is 25.7 Å². The Hall–Kier alpha value is -3.03. The van der Waals surface area contributed by atoms with Crippen LogP contribution in [0, 0.1) is 0 Å². The molecule has 2 aromatic rings. The zero-order valence-electron chi connectivity index (χ0n) is 16.0. The Bertz CT molecular complexity index is 742. The molecule has 0 fully saturated rings. The van der Waals surface area contributed by atoms with Gasteiger partial charge in [-0.1, -0.05) is 18.2 Å². The third-order valence-electron chi connectivity index (χ3n) is 3.90. The maximum Gasteiger partial charge on any atom is 0.387 e. The highest BCUT2D eigenvalue weighted by molar-refractivity contribution is 5.79. The summed E-state index contributed by atoms with van der Waals surface area (Å²) in [5.74, 6) is 1.24. The Kier molecular flexibility index (Phi) is 8.84. The number of methoxy groups -OCH3 is 1. The van der Waals surface area contributed by atoms with Crippen molar-refractivity contribution in [1.82, 2.24) is 10.6 Å². The summed E-state index contributed by atoms with van der Waals surface area (Å²) >= 11 is 0. The number of hydrogen-bond donors (Lipinski definition) is 3. The summed E-state index contributed by atoms with van der Waals surface area (Å²) in [6, 6.07) is 14.7. The standard InChI is InChI=1S/C20H26F2N4O2/c1-23-20(25-12-6-11-24-16-7-4-3-5-8-16)26-14-15-13-17(27-2)9-10-18(15)28-19(21)22/h3-5,7-10,13,19,24H,6,11-12,14H2,1-2H3,(H2,23,25,26). The molecule has 0 saturated carbocycles. The highest BCUT2D eigenvalue weighted by atomic mass is 19.3. The number of anilines is 1. The third-order valence-corrected chi connectivity index (χ3v) is 3.90. The van der Waals surface area contributed by atoms with E-state index in [1.807, 2.05) is 30.3 Å². The fraction of sp³-hybridized carbons (Fsp3) is 0.350. The Labute approximate surface area is 164 Å². The lowest BCUT2D eigenvalue weighted by molar-refractivity contribution is -0.0504. The van der Waals surface area contributed by atoms with Crippen LogP contribution in [-0.2, 0) is 6.54 Å². The molecule has 0 heterocycles. The maximum absolute atomic E-state index is 12.6. The van der Waals surface area contributed by atoms with Crippen LogP contribution in [0.2, 0.25) is 0 Å². The van der Waals surface area contributed by atoms with Crippen molar-refractivity contribution < 1.29 is 18.3 Å². The molecule has 0 aliphatic heterocycles. The number of rotatable bonds is 10. The van der Waals surface area contributed by atoms with Crippen LogP contribution in [0.25, 0.3) is 0 Å². The van der Waals surface area contributed by atoms with E-state index in [9.17, 15) is 8.78 Å². The minimum atomic E-state index is -2.89. The fourth-order valence-corrected chi connectivity index (χ4v) is 2.52. The van der Waals surface area contributed by atoms with Crippen LogP contribution in [0.3, 0.4) is 0 Å². The van der Waals surface area contributed by atoms with Crippen LogP contribution in [-0.4, -0.2) is 39.8 Å². The van der Waals surface area contributed by atoms with Gasteiger partial charge in [0, 0.05) is 37.9 Å². The van der Waals surface area contributed by atoms with Crippen LogP contribution < -0.4 is 25.4 Å². The second-order valence-corrected chi connectivity index (χ2v) is 5.85. The third kappa shape index (κ3) is 7.30. The summed E-state index contributed by atoms with van der Waals surface area (Å²) in [4.78, 5) is 4.15. The molecule has 0 aromatic heterocycles. The van der Waals surface area contributed by atoms with E-state index in [0.29, 0.717) is 23.8 Å². The first kappa shape index (κ1) is 21.3. The molecule has 152 valence electrons. The van der Waals surface area contributed by atoms with Crippen LogP contribution >= 0.6 is 0 Å². The zero-order valence-corrected chi connectivity index (χ0v) is 16.0. The van der Waals surface area contributed by atoms with Gasteiger partial charge in [-0.3, -0.25) is 4.99 Å². The highest BCUT2D eigenvalue weighted by Crippen LogP contribution is 2.25. The van der Waals surface area contributed by atoms with Gasteiger partial charge in [0.05, 0.1) is 7.11 Å². The number of benzene rings is 2. The number of hydrogen-bond acceptors (Lipinski definition) is 4. The van der Waals surface area contributed by atoms with E-state index in [1.165, 1.54) is 13.2 Å². The van der Waals surface area contributed by atoms with Gasteiger partial charge in [-0.05, 0) is 36.8 Å². The van der Waals surface area contributed by atoms with Gasteiger partial charge in [0.1, 0.15) is 11.5 Å². The number of nitrogens with one attached hydrogen (secondary N) is 3. The lowest BCUT2D eigenvalue weighted by atomic mass is 10.2. The molecule has 6 nitrogen and oxygen atoms in total. The monoisotopic (exact) mass is 392 g/mol. The molecule has 2 aromatic carbocycles. The smallest absolute Gasteiger partial charge is 0.387 e. The van der Waals surface area contributed by atoms with Crippen LogP contribution in [0.15, 0.2) is 53.5 Å². The van der Waals surface area contributed by atoms with Crippen molar-refractivity contribution in [3.63, 3.8) is 0 Å². The number of para-hydroxylation sites is 1. The van der Waals surface area contributed by atoms with Gasteiger partial charge in [0.25, 0.3) is 0 Å². The van der Waals surface area contributed by atoms with E-state index < -0.39 is 6.61 Å². The zero-order chi connectivity index (χ0) is 20.2. The topological polar surface area (TPSA) is 66.9 Å². The molecule has 0 radical (unpaired) electrons. The average Bonchev–Trinajstić information content (AvgIpc) is 2.71. The van der Waals surface area contributed by atoms with E-state index in [0.717, 1.165) is 18.7 Å². The normalized spacial score (nSPS) is 11.2. The van der Waals surface area contributed by atoms with E-state index >= 15 is 0 Å². The molecule has 3 N–H and O–H groups in total. The van der Waals surface area contributed by atoms with Gasteiger partial charge >= 0.3 is 6.61 Å². The molecular weight excluding hydrogens is 366 g/mol. The summed E-state index contributed by atoms with van der Waals surface area (Å²) in [7, 11) is 3.17. The molecule has 2 rings (SSSR count). The summed E-state index contributed by atoms with van der Waals surface area (Å²) in [6.45, 7) is -1.10. The minimum absolute atomic E-state index is 0.103. The second-order valence-electron chi connectivity index (χ2n) is 5.85. The van der Waals surface area contributed by atoms with Gasteiger partial charge in [-0.2, -0.15) is 8.78 Å². The molecule has 8 heteroatoms. The number of alkyl halides is 2. The van der Waals surface area contributed by atoms with Gasteiger partial charge in [0.15, 0.2) is 5.96 Å². The average molecular weight is 392 g/mol. The molecule has 0 aliphatic carbocycles. The Morgan fingerprint density at radius 1 is 1.07 bits per heavy atom. The first-order chi connectivity index (χ1) is 13.6. The van der Waals surface area contributed by atoms with Gasteiger partial charge in [-0.25, -0.2) is 0 Å². The van der Waals surface area contributed by atoms with Crippen LogP contribution in [0.1, 0.15) is 12.0 Å². The molecule has 28 heavy (non-hydrogen) atoms. The fourth-order valence-electron chi connectivity index (χ4n) is 2.52. The number of guanidine groups is 1. The van der Waals surface area contributed by atoms with Gasteiger partial charge in [-0.15, -0.1) is 0 Å². The molecule has 0 unspecified atom stereocenters. The van der Waals surface area contributed by atoms with E-state index in [-0.39, 0.29) is 12.3 Å².